The SMILES string of the molecule is COC(=O)C1CCC(C(=O)OC)N1CC=CC(=O)Nc1cc2c(Nc3ccc(F)c(Cl)c3)ncnc2cc1OCC1CC1. The number of aromatic nitrogens is 2. The molecule has 13 heteroatoms. The van der Waals surface area contributed by atoms with E-state index in [1.807, 2.05) is 0 Å². The number of rotatable bonds is 11. The highest BCUT2D eigenvalue weighted by Crippen LogP contribution is 2.36. The molecule has 1 aliphatic carbocycles. The highest BCUT2D eigenvalue weighted by atomic mass is 35.5. The molecule has 5 rings (SSSR count). The van der Waals surface area contributed by atoms with Gasteiger partial charge in [0.25, 0.3) is 0 Å². The van der Waals surface area contributed by atoms with Gasteiger partial charge in [-0.05, 0) is 55.9 Å². The van der Waals surface area contributed by atoms with Crippen molar-refractivity contribution < 1.29 is 33.0 Å². The lowest BCUT2D eigenvalue weighted by Gasteiger charge is -2.25. The minimum atomic E-state index is -0.619. The number of amides is 1. The molecule has 2 unspecified atom stereocenters. The molecule has 2 aliphatic rings. The van der Waals surface area contributed by atoms with E-state index in [1.165, 1.54) is 44.8 Å². The van der Waals surface area contributed by atoms with E-state index in [1.54, 1.807) is 23.1 Å². The second-order valence-corrected chi connectivity index (χ2v) is 10.7. The number of ether oxygens (including phenoxy) is 3. The van der Waals surface area contributed by atoms with Gasteiger partial charge in [-0.15, -0.1) is 0 Å². The Hall–Kier alpha value is -4.29. The molecule has 1 saturated carbocycles. The predicted molar refractivity (Wildman–Crippen MR) is 158 cm³/mol. The molecule has 2 heterocycles. The summed E-state index contributed by atoms with van der Waals surface area (Å²) in [5.41, 5.74) is 1.49. The summed E-state index contributed by atoms with van der Waals surface area (Å²) in [7, 11) is 2.59. The van der Waals surface area contributed by atoms with Crippen LogP contribution in [0, 0.1) is 11.7 Å². The van der Waals surface area contributed by atoms with Gasteiger partial charge in [-0.3, -0.25) is 19.3 Å². The van der Waals surface area contributed by atoms with Gasteiger partial charge in [0.15, 0.2) is 0 Å². The third-order valence-electron chi connectivity index (χ3n) is 7.39. The average molecular weight is 612 g/mol. The lowest BCUT2D eigenvalue weighted by atomic mass is 10.1. The van der Waals surface area contributed by atoms with Crippen LogP contribution in [-0.4, -0.2) is 72.2 Å². The lowest BCUT2D eigenvalue weighted by Crippen LogP contribution is -2.45. The number of likely N-dealkylation sites (tertiary alicyclic amines) is 1. The van der Waals surface area contributed by atoms with Crippen molar-refractivity contribution in [3.05, 3.63) is 59.7 Å². The minimum absolute atomic E-state index is 0.0383. The van der Waals surface area contributed by atoms with Crippen LogP contribution < -0.4 is 15.4 Å². The fraction of sp³-hybridized carbons (Fsp3) is 0.367. The average Bonchev–Trinajstić information content (AvgIpc) is 3.74. The molecule has 1 saturated heterocycles. The van der Waals surface area contributed by atoms with E-state index in [2.05, 4.69) is 20.6 Å². The number of halogens is 2. The molecule has 0 bridgehead atoms. The Labute approximate surface area is 252 Å². The number of carbonyl (C=O) groups excluding carboxylic acids is 3. The molecule has 3 aromatic rings. The van der Waals surface area contributed by atoms with Crippen molar-refractivity contribution >= 4 is 57.5 Å². The lowest BCUT2D eigenvalue weighted by molar-refractivity contribution is -0.150. The van der Waals surface area contributed by atoms with Crippen molar-refractivity contribution in [2.75, 3.05) is 38.0 Å². The molecule has 2 aromatic carbocycles. The van der Waals surface area contributed by atoms with E-state index in [9.17, 15) is 18.8 Å². The second-order valence-electron chi connectivity index (χ2n) is 10.3. The smallest absolute Gasteiger partial charge is 0.323 e. The zero-order chi connectivity index (χ0) is 30.5. The summed E-state index contributed by atoms with van der Waals surface area (Å²) < 4.78 is 29.5. The summed E-state index contributed by atoms with van der Waals surface area (Å²) in [4.78, 5) is 48.0. The number of anilines is 3. The topological polar surface area (TPSA) is 132 Å². The molecule has 2 atom stereocenters. The Morgan fingerprint density at radius 3 is 2.42 bits per heavy atom. The van der Waals surface area contributed by atoms with Crippen molar-refractivity contribution in [3.63, 3.8) is 0 Å². The van der Waals surface area contributed by atoms with E-state index in [4.69, 9.17) is 25.8 Å². The fourth-order valence-corrected chi connectivity index (χ4v) is 5.14. The Morgan fingerprint density at radius 2 is 1.77 bits per heavy atom. The first kappa shape index (κ1) is 30.2. The first-order chi connectivity index (χ1) is 20.8. The summed E-state index contributed by atoms with van der Waals surface area (Å²) in [6.45, 7) is 0.658. The van der Waals surface area contributed by atoms with E-state index in [0.717, 1.165) is 12.8 Å². The van der Waals surface area contributed by atoms with Crippen LogP contribution in [0.25, 0.3) is 10.9 Å². The van der Waals surface area contributed by atoms with Gasteiger partial charge in [-0.1, -0.05) is 17.7 Å². The van der Waals surface area contributed by atoms with Gasteiger partial charge in [0.1, 0.15) is 35.8 Å². The van der Waals surface area contributed by atoms with Gasteiger partial charge >= 0.3 is 11.9 Å². The number of nitrogens with one attached hydrogen (secondary N) is 2. The Balaban J connectivity index is 1.37. The van der Waals surface area contributed by atoms with E-state index < -0.39 is 35.7 Å². The van der Waals surface area contributed by atoms with E-state index >= 15 is 0 Å². The molecule has 1 aromatic heterocycles. The first-order valence-corrected chi connectivity index (χ1v) is 14.2. The van der Waals surface area contributed by atoms with Crippen molar-refractivity contribution in [1.82, 2.24) is 14.9 Å². The normalized spacial score (nSPS) is 18.5. The summed E-state index contributed by atoms with van der Waals surface area (Å²) in [5.74, 6) is -0.552. The van der Waals surface area contributed by atoms with Crippen LogP contribution in [0.3, 0.4) is 0 Å². The quantitative estimate of drug-likeness (QED) is 0.234. The number of carbonyl (C=O) groups is 3. The largest absolute Gasteiger partial charge is 0.491 e. The number of fused-ring (bicyclic) bond motifs is 1. The number of methoxy groups -OCH3 is 2. The fourth-order valence-electron chi connectivity index (χ4n) is 4.96. The van der Waals surface area contributed by atoms with Crippen LogP contribution in [0.15, 0.2) is 48.8 Å². The Morgan fingerprint density at radius 1 is 1.05 bits per heavy atom. The number of hydrogen-bond donors (Lipinski definition) is 2. The van der Waals surface area contributed by atoms with Gasteiger partial charge in [-0.2, -0.15) is 0 Å². The maximum absolute atomic E-state index is 13.7. The minimum Gasteiger partial charge on any atom is -0.491 e. The molecular weight excluding hydrogens is 581 g/mol. The third kappa shape index (κ3) is 7.20. The number of nitrogens with zero attached hydrogens (tertiary/aromatic N) is 3. The maximum Gasteiger partial charge on any atom is 0.323 e. The van der Waals surface area contributed by atoms with Crippen LogP contribution in [0.1, 0.15) is 25.7 Å². The zero-order valence-electron chi connectivity index (χ0n) is 23.6. The van der Waals surface area contributed by atoms with Gasteiger partial charge < -0.3 is 24.8 Å². The molecule has 0 radical (unpaired) electrons. The Bertz CT molecular complexity index is 1540. The molecule has 2 fully saturated rings. The van der Waals surface area contributed by atoms with Crippen molar-refractivity contribution in [2.24, 2.45) is 5.92 Å². The van der Waals surface area contributed by atoms with E-state index in [0.29, 0.717) is 59.2 Å². The van der Waals surface area contributed by atoms with Crippen LogP contribution in [0.2, 0.25) is 5.02 Å². The second kappa shape index (κ2) is 13.3. The summed E-state index contributed by atoms with van der Waals surface area (Å²) in [6, 6.07) is 6.43. The molecular formula is C30H31ClFN5O6. The number of hydrogen-bond acceptors (Lipinski definition) is 10. The van der Waals surface area contributed by atoms with Crippen LogP contribution in [0.5, 0.6) is 5.75 Å². The van der Waals surface area contributed by atoms with Gasteiger partial charge in [0.2, 0.25) is 5.91 Å². The van der Waals surface area contributed by atoms with Crippen molar-refractivity contribution in [3.8, 4) is 5.75 Å². The Kier molecular flexibility index (Phi) is 9.37. The number of benzene rings is 2. The molecule has 1 amide bonds. The highest BCUT2D eigenvalue weighted by molar-refractivity contribution is 6.31. The standard InChI is InChI=1S/C30H31ClFN5O6/c1-41-29(39)24-9-10-25(30(40)42-2)37(24)11-3-4-27(38)36-23-13-19-22(14-26(23)43-15-17-5-6-17)33-16-34-28(19)35-18-7-8-21(32)20(31)12-18/h3-4,7-8,12-14,16-17,24-25H,5-6,9-11,15H2,1-2H3,(H,36,38)(H,33,34,35). The number of esters is 2. The highest BCUT2D eigenvalue weighted by Gasteiger charge is 2.42. The van der Waals surface area contributed by atoms with Crippen molar-refractivity contribution in [1.29, 1.82) is 0 Å². The maximum atomic E-state index is 13.7. The van der Waals surface area contributed by atoms with Crippen LogP contribution in [0.4, 0.5) is 21.6 Å². The molecule has 1 aliphatic heterocycles. The first-order valence-electron chi connectivity index (χ1n) is 13.8. The van der Waals surface area contributed by atoms with Gasteiger partial charge in [0.05, 0.1) is 37.1 Å². The third-order valence-corrected chi connectivity index (χ3v) is 7.68. The molecule has 0 spiro atoms. The van der Waals surface area contributed by atoms with E-state index in [-0.39, 0.29) is 11.6 Å². The molecule has 226 valence electrons. The van der Waals surface area contributed by atoms with Crippen LogP contribution >= 0.6 is 11.6 Å². The summed E-state index contributed by atoms with van der Waals surface area (Å²) in [5, 5.41) is 6.53. The monoisotopic (exact) mass is 611 g/mol. The summed E-state index contributed by atoms with van der Waals surface area (Å²) >= 11 is 5.94. The molecule has 2 N–H and O–H groups in total. The molecule has 11 nitrogen and oxygen atoms in total. The van der Waals surface area contributed by atoms with Gasteiger partial charge in [0, 0.05) is 29.8 Å². The predicted octanol–water partition coefficient (Wildman–Crippen LogP) is 4.63. The van der Waals surface area contributed by atoms with Gasteiger partial charge in [-0.25, -0.2) is 14.4 Å². The summed E-state index contributed by atoms with van der Waals surface area (Å²) in [6.07, 6.45) is 7.35. The van der Waals surface area contributed by atoms with Crippen LogP contribution in [-0.2, 0) is 23.9 Å². The molecule has 43 heavy (non-hydrogen) atoms. The van der Waals surface area contributed by atoms with Crippen molar-refractivity contribution in [2.45, 2.75) is 37.8 Å². The zero-order valence-corrected chi connectivity index (χ0v) is 24.4.